The fraction of sp³-hybridized carbons (Fsp3) is 0.222. The lowest BCUT2D eigenvalue weighted by Gasteiger charge is -2.08. The molecule has 1 aliphatic rings. The van der Waals surface area contributed by atoms with Gasteiger partial charge in [-0.1, -0.05) is 42.5 Å². The van der Waals surface area contributed by atoms with E-state index in [4.69, 9.17) is 0 Å². The lowest BCUT2D eigenvalue weighted by molar-refractivity contribution is -0.120. The molecule has 21 heavy (non-hydrogen) atoms. The standard InChI is InChI=1S/C18H14FNO/c19-14-8-4-7-13(9-14)17(11-20)18(21)16-10-15(16)12-5-2-1-3-6-12/h1-9,15-17H,10H2. The molecule has 0 bridgehead atoms. The summed E-state index contributed by atoms with van der Waals surface area (Å²) in [6.45, 7) is 0. The van der Waals surface area contributed by atoms with Crippen LogP contribution < -0.4 is 0 Å². The van der Waals surface area contributed by atoms with Gasteiger partial charge in [0.05, 0.1) is 6.07 Å². The Morgan fingerprint density at radius 1 is 1.19 bits per heavy atom. The molecule has 0 N–H and O–H groups in total. The molecule has 2 aromatic carbocycles. The summed E-state index contributed by atoms with van der Waals surface area (Å²) in [4.78, 5) is 12.5. The topological polar surface area (TPSA) is 40.9 Å². The first-order chi connectivity index (χ1) is 10.2. The summed E-state index contributed by atoms with van der Waals surface area (Å²) < 4.78 is 13.3. The molecule has 3 rings (SSSR count). The van der Waals surface area contributed by atoms with Gasteiger partial charge in [0.2, 0.25) is 0 Å². The third-order valence-corrected chi connectivity index (χ3v) is 3.98. The molecule has 3 unspecified atom stereocenters. The fourth-order valence-electron chi connectivity index (χ4n) is 2.78. The number of hydrogen-bond donors (Lipinski definition) is 0. The Hall–Kier alpha value is -2.47. The summed E-state index contributed by atoms with van der Waals surface area (Å²) in [6, 6.07) is 17.6. The van der Waals surface area contributed by atoms with Gasteiger partial charge in [-0.2, -0.15) is 5.26 Å². The average Bonchev–Trinajstić information content (AvgIpc) is 3.29. The van der Waals surface area contributed by atoms with Crippen molar-refractivity contribution in [3.63, 3.8) is 0 Å². The molecule has 1 saturated carbocycles. The van der Waals surface area contributed by atoms with Crippen molar-refractivity contribution >= 4 is 5.78 Å². The van der Waals surface area contributed by atoms with Crippen molar-refractivity contribution in [2.45, 2.75) is 18.3 Å². The van der Waals surface area contributed by atoms with Gasteiger partial charge >= 0.3 is 0 Å². The monoisotopic (exact) mass is 279 g/mol. The first-order valence-electron chi connectivity index (χ1n) is 6.94. The van der Waals surface area contributed by atoms with Crippen LogP contribution in [0.5, 0.6) is 0 Å². The Morgan fingerprint density at radius 3 is 2.62 bits per heavy atom. The minimum absolute atomic E-state index is 0.100. The Kier molecular flexibility index (Phi) is 3.53. The summed E-state index contributed by atoms with van der Waals surface area (Å²) in [7, 11) is 0. The maximum absolute atomic E-state index is 13.3. The van der Waals surface area contributed by atoms with Crippen LogP contribution in [-0.2, 0) is 4.79 Å². The van der Waals surface area contributed by atoms with E-state index in [0.717, 1.165) is 12.0 Å². The van der Waals surface area contributed by atoms with Crippen molar-refractivity contribution in [1.82, 2.24) is 0 Å². The Bertz CT molecular complexity index is 705. The first-order valence-corrected chi connectivity index (χ1v) is 6.94. The number of carbonyl (C=O) groups is 1. The molecule has 0 aromatic heterocycles. The van der Waals surface area contributed by atoms with Crippen LogP contribution in [0.15, 0.2) is 54.6 Å². The highest BCUT2D eigenvalue weighted by Gasteiger charge is 2.46. The summed E-state index contributed by atoms with van der Waals surface area (Å²) in [6.07, 6.45) is 0.774. The zero-order chi connectivity index (χ0) is 14.8. The van der Waals surface area contributed by atoms with Crippen LogP contribution in [0.4, 0.5) is 4.39 Å². The number of hydrogen-bond acceptors (Lipinski definition) is 2. The lowest BCUT2D eigenvalue weighted by atomic mass is 9.92. The number of carbonyl (C=O) groups excluding carboxylic acids is 1. The van der Waals surface area contributed by atoms with Crippen LogP contribution in [0.25, 0.3) is 0 Å². The summed E-state index contributed by atoms with van der Waals surface area (Å²) in [5.74, 6) is -1.32. The number of ketones is 1. The van der Waals surface area contributed by atoms with Crippen LogP contribution >= 0.6 is 0 Å². The maximum Gasteiger partial charge on any atom is 0.158 e. The third-order valence-electron chi connectivity index (χ3n) is 3.98. The second kappa shape index (κ2) is 5.49. The minimum atomic E-state index is -0.876. The second-order valence-corrected chi connectivity index (χ2v) is 5.38. The molecule has 0 aliphatic heterocycles. The third kappa shape index (κ3) is 2.71. The number of halogens is 1. The zero-order valence-electron chi connectivity index (χ0n) is 11.4. The smallest absolute Gasteiger partial charge is 0.158 e. The maximum atomic E-state index is 13.3. The van der Waals surface area contributed by atoms with E-state index < -0.39 is 11.7 Å². The highest BCUT2D eigenvalue weighted by atomic mass is 19.1. The minimum Gasteiger partial charge on any atom is -0.298 e. The van der Waals surface area contributed by atoms with Gasteiger partial charge in [-0.3, -0.25) is 4.79 Å². The van der Waals surface area contributed by atoms with Gasteiger partial charge in [0.15, 0.2) is 5.78 Å². The van der Waals surface area contributed by atoms with Gasteiger partial charge in [-0.25, -0.2) is 4.39 Å². The molecule has 1 fully saturated rings. The highest BCUT2D eigenvalue weighted by molar-refractivity contribution is 5.93. The molecule has 0 saturated heterocycles. The first kappa shape index (κ1) is 13.5. The van der Waals surface area contributed by atoms with Crippen molar-refractivity contribution < 1.29 is 9.18 Å². The number of nitrogens with zero attached hydrogens (tertiary/aromatic N) is 1. The average molecular weight is 279 g/mol. The van der Waals surface area contributed by atoms with Crippen molar-refractivity contribution in [3.8, 4) is 6.07 Å². The molecule has 0 amide bonds. The van der Waals surface area contributed by atoms with Crippen LogP contribution in [-0.4, -0.2) is 5.78 Å². The quantitative estimate of drug-likeness (QED) is 0.854. The van der Waals surface area contributed by atoms with Crippen LogP contribution in [0.2, 0.25) is 0 Å². The molecule has 0 heterocycles. The van der Waals surface area contributed by atoms with Gasteiger partial charge in [0.1, 0.15) is 11.7 Å². The predicted molar refractivity (Wildman–Crippen MR) is 77.1 cm³/mol. The second-order valence-electron chi connectivity index (χ2n) is 5.38. The molecule has 3 heteroatoms. The van der Waals surface area contributed by atoms with Crippen LogP contribution in [0.1, 0.15) is 29.4 Å². The highest BCUT2D eigenvalue weighted by Crippen LogP contribution is 2.49. The van der Waals surface area contributed by atoms with E-state index in [-0.39, 0.29) is 17.6 Å². The molecular weight excluding hydrogens is 265 g/mol. The molecule has 104 valence electrons. The summed E-state index contributed by atoms with van der Waals surface area (Å²) >= 11 is 0. The Labute approximate surface area is 122 Å². The molecule has 3 atom stereocenters. The summed E-state index contributed by atoms with van der Waals surface area (Å²) in [5.41, 5.74) is 1.58. The zero-order valence-corrected chi connectivity index (χ0v) is 11.4. The van der Waals surface area contributed by atoms with E-state index in [1.54, 1.807) is 6.07 Å². The molecule has 2 nitrogen and oxygen atoms in total. The molecule has 0 radical (unpaired) electrons. The van der Waals surface area contributed by atoms with Gasteiger partial charge < -0.3 is 0 Å². The van der Waals surface area contributed by atoms with E-state index in [1.807, 2.05) is 36.4 Å². The fourth-order valence-corrected chi connectivity index (χ4v) is 2.78. The van der Waals surface area contributed by atoms with E-state index in [2.05, 4.69) is 0 Å². The van der Waals surface area contributed by atoms with E-state index in [0.29, 0.717) is 5.56 Å². The molecule has 0 spiro atoms. The molecular formula is C18H14FNO. The Balaban J connectivity index is 1.78. The van der Waals surface area contributed by atoms with E-state index in [9.17, 15) is 14.4 Å². The number of nitriles is 1. The van der Waals surface area contributed by atoms with Gasteiger partial charge in [-0.05, 0) is 35.6 Å². The van der Waals surface area contributed by atoms with Crippen molar-refractivity contribution in [1.29, 1.82) is 5.26 Å². The van der Waals surface area contributed by atoms with E-state index >= 15 is 0 Å². The van der Waals surface area contributed by atoms with Crippen molar-refractivity contribution in [2.24, 2.45) is 5.92 Å². The van der Waals surface area contributed by atoms with Gasteiger partial charge in [0, 0.05) is 5.92 Å². The summed E-state index contributed by atoms with van der Waals surface area (Å²) in [5, 5.41) is 9.28. The van der Waals surface area contributed by atoms with Crippen LogP contribution in [0, 0.1) is 23.1 Å². The van der Waals surface area contributed by atoms with Crippen molar-refractivity contribution in [3.05, 3.63) is 71.5 Å². The largest absolute Gasteiger partial charge is 0.298 e. The number of Topliss-reactive ketones (excluding diaryl/α,β-unsaturated/α-hetero) is 1. The molecule has 2 aromatic rings. The normalized spacial score (nSPS) is 21.3. The predicted octanol–water partition coefficient (Wildman–Crippen LogP) is 3.81. The van der Waals surface area contributed by atoms with Crippen molar-refractivity contribution in [2.75, 3.05) is 0 Å². The van der Waals surface area contributed by atoms with Gasteiger partial charge in [0.25, 0.3) is 0 Å². The van der Waals surface area contributed by atoms with Crippen LogP contribution in [0.3, 0.4) is 0 Å². The lowest BCUT2D eigenvalue weighted by Crippen LogP contribution is -2.14. The van der Waals surface area contributed by atoms with E-state index in [1.165, 1.54) is 18.2 Å². The molecule has 1 aliphatic carbocycles. The van der Waals surface area contributed by atoms with Gasteiger partial charge in [-0.15, -0.1) is 0 Å². The number of benzene rings is 2. The SMILES string of the molecule is N#CC(C(=O)C1CC1c1ccccc1)c1cccc(F)c1. The number of rotatable bonds is 4. The Morgan fingerprint density at radius 2 is 1.95 bits per heavy atom.